The van der Waals surface area contributed by atoms with Gasteiger partial charge in [-0.2, -0.15) is 0 Å². The number of hydrogen-bond acceptors (Lipinski definition) is 3. The van der Waals surface area contributed by atoms with Gasteiger partial charge in [0, 0.05) is 30.0 Å². The highest BCUT2D eigenvalue weighted by Crippen LogP contribution is 2.35. The highest BCUT2D eigenvalue weighted by Gasteiger charge is 2.35. The third-order valence-electron chi connectivity index (χ3n) is 5.26. The Morgan fingerprint density at radius 3 is 2.63 bits per heavy atom. The Bertz CT molecular complexity index is 791. The van der Waals surface area contributed by atoms with E-state index < -0.39 is 0 Å². The molecule has 144 valence electrons. The van der Waals surface area contributed by atoms with Gasteiger partial charge in [-0.05, 0) is 55.3 Å². The number of urea groups is 1. The first-order chi connectivity index (χ1) is 13.0. The lowest BCUT2D eigenvalue weighted by atomic mass is 9.74. The van der Waals surface area contributed by atoms with E-state index in [0.29, 0.717) is 32.4 Å². The maximum Gasteiger partial charge on any atom is 0.321 e. The summed E-state index contributed by atoms with van der Waals surface area (Å²) in [4.78, 5) is 15.4. The Morgan fingerprint density at radius 1 is 1.22 bits per heavy atom. The minimum absolute atomic E-state index is 0.0360. The molecule has 0 atom stereocenters. The molecule has 0 saturated carbocycles. The zero-order valence-electron chi connectivity index (χ0n) is 15.5. The number of piperidine rings is 1. The van der Waals surface area contributed by atoms with Crippen LogP contribution in [0.4, 0.5) is 14.9 Å². The Hall–Kier alpha value is -2.05. The van der Waals surface area contributed by atoms with Gasteiger partial charge in [-0.3, -0.25) is 0 Å². The Morgan fingerprint density at radius 2 is 1.96 bits per heavy atom. The molecule has 27 heavy (non-hydrogen) atoms. The molecular formula is C21H25FN2O2S. The van der Waals surface area contributed by atoms with Gasteiger partial charge < -0.3 is 15.3 Å². The molecule has 2 aromatic carbocycles. The summed E-state index contributed by atoms with van der Waals surface area (Å²) in [7, 11) is 0. The fourth-order valence-corrected chi connectivity index (χ4v) is 4.15. The van der Waals surface area contributed by atoms with Gasteiger partial charge in [0.25, 0.3) is 0 Å². The fourth-order valence-electron chi connectivity index (χ4n) is 3.60. The molecule has 3 rings (SSSR count). The fraction of sp³-hybridized carbons (Fsp3) is 0.381. The van der Waals surface area contributed by atoms with Gasteiger partial charge in [0.2, 0.25) is 0 Å². The lowest BCUT2D eigenvalue weighted by molar-refractivity contribution is 0.0575. The summed E-state index contributed by atoms with van der Waals surface area (Å²) < 4.78 is 13.5. The summed E-state index contributed by atoms with van der Waals surface area (Å²) in [5.74, 6) is -0.259. The molecule has 1 saturated heterocycles. The third kappa shape index (κ3) is 4.82. The molecule has 0 aliphatic carbocycles. The average Bonchev–Trinajstić information content (AvgIpc) is 2.69. The van der Waals surface area contributed by atoms with Crippen LogP contribution in [0.2, 0.25) is 0 Å². The average molecular weight is 389 g/mol. The predicted molar refractivity (Wildman–Crippen MR) is 108 cm³/mol. The first kappa shape index (κ1) is 19.7. The second-order valence-corrected chi connectivity index (χ2v) is 7.93. The van der Waals surface area contributed by atoms with Crippen molar-refractivity contribution in [2.24, 2.45) is 5.41 Å². The van der Waals surface area contributed by atoms with Crippen molar-refractivity contribution in [3.8, 4) is 0 Å². The molecule has 0 radical (unpaired) electrons. The third-order valence-corrected chi connectivity index (χ3v) is 6.06. The standard InChI is InChI=1S/C21H25FN2O2S/c1-27-19-8-3-2-7-18(19)23-20(26)24-11-9-21(15-25,10-12-24)14-16-5-4-6-17(22)13-16/h2-8,13,25H,9-12,14-15H2,1H3,(H,23,26). The molecule has 2 aromatic rings. The van der Waals surface area contributed by atoms with Crippen LogP contribution in [0, 0.1) is 11.2 Å². The highest BCUT2D eigenvalue weighted by molar-refractivity contribution is 7.98. The van der Waals surface area contributed by atoms with Crippen LogP contribution in [-0.2, 0) is 6.42 Å². The monoisotopic (exact) mass is 388 g/mol. The molecule has 0 aromatic heterocycles. The second-order valence-electron chi connectivity index (χ2n) is 7.08. The highest BCUT2D eigenvalue weighted by atomic mass is 32.2. The summed E-state index contributed by atoms with van der Waals surface area (Å²) in [6.07, 6.45) is 3.98. The van der Waals surface area contributed by atoms with Crippen LogP contribution in [0.25, 0.3) is 0 Å². The summed E-state index contributed by atoms with van der Waals surface area (Å²) in [5.41, 5.74) is 1.39. The van der Waals surface area contributed by atoms with Crippen LogP contribution in [0.1, 0.15) is 18.4 Å². The largest absolute Gasteiger partial charge is 0.396 e. The number of halogens is 1. The summed E-state index contributed by atoms with van der Waals surface area (Å²) >= 11 is 1.59. The topological polar surface area (TPSA) is 52.6 Å². The van der Waals surface area contributed by atoms with E-state index in [1.54, 1.807) is 22.7 Å². The van der Waals surface area contributed by atoms with Crippen LogP contribution in [-0.4, -0.2) is 42.0 Å². The van der Waals surface area contributed by atoms with Crippen molar-refractivity contribution >= 4 is 23.5 Å². The number of nitrogens with one attached hydrogen (secondary N) is 1. The molecule has 1 aliphatic heterocycles. The molecule has 0 spiro atoms. The maximum atomic E-state index is 13.5. The Labute approximate surface area is 163 Å². The van der Waals surface area contributed by atoms with Gasteiger partial charge in [-0.25, -0.2) is 9.18 Å². The van der Waals surface area contributed by atoms with Crippen LogP contribution < -0.4 is 5.32 Å². The van der Waals surface area contributed by atoms with Gasteiger partial charge >= 0.3 is 6.03 Å². The van der Waals surface area contributed by atoms with Gasteiger partial charge in [0.15, 0.2) is 0 Å². The number of likely N-dealkylation sites (tertiary alicyclic amines) is 1. The molecular weight excluding hydrogens is 363 g/mol. The van der Waals surface area contributed by atoms with Gasteiger partial charge in [0.1, 0.15) is 5.82 Å². The number of nitrogens with zero attached hydrogens (tertiary/aromatic N) is 1. The zero-order valence-corrected chi connectivity index (χ0v) is 16.3. The first-order valence-corrected chi connectivity index (χ1v) is 10.3. The normalized spacial score (nSPS) is 16.2. The number of rotatable bonds is 5. The lowest BCUT2D eigenvalue weighted by Gasteiger charge is -2.41. The number of benzene rings is 2. The number of thioether (sulfide) groups is 1. The molecule has 1 fully saturated rings. The number of carbonyl (C=O) groups excluding carboxylic acids is 1. The van der Waals surface area contributed by atoms with E-state index in [0.717, 1.165) is 16.1 Å². The van der Waals surface area contributed by atoms with Crippen molar-refractivity contribution < 1.29 is 14.3 Å². The number of para-hydroxylation sites is 1. The molecule has 4 nitrogen and oxygen atoms in total. The van der Waals surface area contributed by atoms with E-state index in [2.05, 4.69) is 5.32 Å². The van der Waals surface area contributed by atoms with Crippen LogP contribution in [0.15, 0.2) is 53.4 Å². The van der Waals surface area contributed by atoms with E-state index in [-0.39, 0.29) is 23.9 Å². The van der Waals surface area contributed by atoms with Crippen LogP contribution in [0.3, 0.4) is 0 Å². The quantitative estimate of drug-likeness (QED) is 0.747. The van der Waals surface area contributed by atoms with Gasteiger partial charge in [-0.1, -0.05) is 24.3 Å². The molecule has 0 bridgehead atoms. The number of anilines is 1. The van der Waals surface area contributed by atoms with Crippen molar-refractivity contribution in [3.63, 3.8) is 0 Å². The van der Waals surface area contributed by atoms with Crippen molar-refractivity contribution in [2.75, 3.05) is 31.3 Å². The molecule has 1 heterocycles. The van der Waals surface area contributed by atoms with E-state index in [1.807, 2.05) is 36.6 Å². The summed E-state index contributed by atoms with van der Waals surface area (Å²) in [6.45, 7) is 1.18. The number of carbonyl (C=O) groups is 1. The number of aliphatic hydroxyl groups is 1. The lowest BCUT2D eigenvalue weighted by Crippen LogP contribution is -2.47. The first-order valence-electron chi connectivity index (χ1n) is 9.09. The smallest absolute Gasteiger partial charge is 0.321 e. The van der Waals surface area contributed by atoms with Crippen molar-refractivity contribution in [1.82, 2.24) is 4.90 Å². The molecule has 6 heteroatoms. The van der Waals surface area contributed by atoms with E-state index in [9.17, 15) is 14.3 Å². The van der Waals surface area contributed by atoms with Crippen LogP contribution in [0.5, 0.6) is 0 Å². The van der Waals surface area contributed by atoms with E-state index >= 15 is 0 Å². The zero-order chi connectivity index (χ0) is 19.3. The minimum Gasteiger partial charge on any atom is -0.396 e. The Kier molecular flexibility index (Phi) is 6.39. The van der Waals surface area contributed by atoms with Crippen molar-refractivity contribution in [2.45, 2.75) is 24.2 Å². The number of amides is 2. The van der Waals surface area contributed by atoms with Crippen LogP contribution >= 0.6 is 11.8 Å². The van der Waals surface area contributed by atoms with E-state index in [1.165, 1.54) is 12.1 Å². The molecule has 2 N–H and O–H groups in total. The maximum absolute atomic E-state index is 13.5. The van der Waals surface area contributed by atoms with Crippen molar-refractivity contribution in [1.29, 1.82) is 0 Å². The molecule has 0 unspecified atom stereocenters. The molecule has 1 aliphatic rings. The van der Waals surface area contributed by atoms with Gasteiger partial charge in [0.05, 0.1) is 5.69 Å². The SMILES string of the molecule is CSc1ccccc1NC(=O)N1CCC(CO)(Cc2cccc(F)c2)CC1. The number of hydrogen-bond donors (Lipinski definition) is 2. The number of aliphatic hydroxyl groups excluding tert-OH is 1. The van der Waals surface area contributed by atoms with Crippen molar-refractivity contribution in [3.05, 3.63) is 59.9 Å². The second kappa shape index (κ2) is 8.76. The summed E-state index contributed by atoms with van der Waals surface area (Å²) in [5, 5.41) is 13.0. The predicted octanol–water partition coefficient (Wildman–Crippen LogP) is 4.40. The summed E-state index contributed by atoms with van der Waals surface area (Å²) in [6, 6.07) is 14.1. The minimum atomic E-state index is -0.304. The Balaban J connectivity index is 1.62. The van der Waals surface area contributed by atoms with E-state index in [4.69, 9.17) is 0 Å². The molecule has 2 amide bonds. The van der Waals surface area contributed by atoms with Gasteiger partial charge in [-0.15, -0.1) is 11.8 Å².